The van der Waals surface area contributed by atoms with E-state index in [1.807, 2.05) is 66.7 Å². The van der Waals surface area contributed by atoms with Crippen molar-refractivity contribution in [1.29, 1.82) is 0 Å². The Kier molecular flexibility index (Phi) is 3.03. The summed E-state index contributed by atoms with van der Waals surface area (Å²) in [7, 11) is 0. The first-order valence-corrected chi connectivity index (χ1v) is 8.44. The SMILES string of the molecule is O=C1c2ccc(Cl)cc2-c2c(-c3ccccc3)nc3ccccc3c21. The molecule has 1 aromatic heterocycles. The van der Waals surface area contributed by atoms with Crippen molar-refractivity contribution in [1.82, 2.24) is 4.98 Å². The summed E-state index contributed by atoms with van der Waals surface area (Å²) in [6.07, 6.45) is 0. The second kappa shape index (κ2) is 5.27. The first kappa shape index (κ1) is 14.4. The van der Waals surface area contributed by atoms with Gasteiger partial charge in [0.2, 0.25) is 0 Å². The van der Waals surface area contributed by atoms with Crippen LogP contribution in [0.1, 0.15) is 15.9 Å². The van der Waals surface area contributed by atoms with E-state index in [0.29, 0.717) is 10.6 Å². The van der Waals surface area contributed by atoms with Gasteiger partial charge in [-0.25, -0.2) is 4.98 Å². The number of carbonyl (C=O) groups is 1. The first-order valence-electron chi connectivity index (χ1n) is 8.07. The van der Waals surface area contributed by atoms with Crippen molar-refractivity contribution in [2.75, 3.05) is 0 Å². The van der Waals surface area contributed by atoms with Crippen LogP contribution in [0, 0.1) is 0 Å². The molecule has 0 saturated heterocycles. The number of para-hydroxylation sites is 1. The van der Waals surface area contributed by atoms with Gasteiger partial charge in [0.25, 0.3) is 0 Å². The predicted molar refractivity (Wildman–Crippen MR) is 101 cm³/mol. The standard InChI is InChI=1S/C22H12ClNO/c23-14-10-11-15-17(12-14)19-20(22(15)25)16-8-4-5-9-18(16)24-21(19)13-6-2-1-3-7-13/h1-12H. The van der Waals surface area contributed by atoms with Gasteiger partial charge in [-0.05, 0) is 29.8 Å². The summed E-state index contributed by atoms with van der Waals surface area (Å²) in [5, 5.41) is 1.50. The highest BCUT2D eigenvalue weighted by atomic mass is 35.5. The smallest absolute Gasteiger partial charge is 0.195 e. The fraction of sp³-hybridized carbons (Fsp3) is 0. The zero-order chi connectivity index (χ0) is 17.0. The normalized spacial score (nSPS) is 12.3. The third kappa shape index (κ3) is 2.04. The number of hydrogen-bond donors (Lipinski definition) is 0. The highest BCUT2D eigenvalue weighted by Gasteiger charge is 2.32. The van der Waals surface area contributed by atoms with Crippen molar-refractivity contribution in [2.24, 2.45) is 0 Å². The van der Waals surface area contributed by atoms with Gasteiger partial charge in [0.15, 0.2) is 5.78 Å². The number of ketones is 1. The Bertz CT molecular complexity index is 1170. The Hall–Kier alpha value is -2.97. The molecule has 0 bridgehead atoms. The number of nitrogens with zero attached hydrogens (tertiary/aromatic N) is 1. The topological polar surface area (TPSA) is 30.0 Å². The van der Waals surface area contributed by atoms with Gasteiger partial charge in [-0.1, -0.05) is 60.1 Å². The summed E-state index contributed by atoms with van der Waals surface area (Å²) in [5.41, 5.74) is 5.80. The van der Waals surface area contributed by atoms with Crippen LogP contribution in [-0.4, -0.2) is 10.8 Å². The number of carbonyl (C=O) groups excluding carboxylic acids is 1. The van der Waals surface area contributed by atoms with Crippen molar-refractivity contribution in [3.05, 3.63) is 88.9 Å². The highest BCUT2D eigenvalue weighted by molar-refractivity contribution is 6.33. The lowest BCUT2D eigenvalue weighted by Crippen LogP contribution is -1.98. The minimum Gasteiger partial charge on any atom is -0.289 e. The molecule has 5 rings (SSSR count). The van der Waals surface area contributed by atoms with Crippen LogP contribution in [0.15, 0.2) is 72.8 Å². The summed E-state index contributed by atoms with van der Waals surface area (Å²) in [4.78, 5) is 18.0. The van der Waals surface area contributed by atoms with Crippen LogP contribution in [0.5, 0.6) is 0 Å². The number of benzene rings is 3. The number of rotatable bonds is 1. The van der Waals surface area contributed by atoms with E-state index < -0.39 is 0 Å². The highest BCUT2D eigenvalue weighted by Crippen LogP contribution is 2.45. The second-order valence-corrected chi connectivity index (χ2v) is 6.55. The zero-order valence-electron chi connectivity index (χ0n) is 13.2. The molecule has 118 valence electrons. The second-order valence-electron chi connectivity index (χ2n) is 6.11. The van der Waals surface area contributed by atoms with E-state index in [2.05, 4.69) is 0 Å². The fourth-order valence-corrected chi connectivity index (χ4v) is 3.74. The minimum absolute atomic E-state index is 0.0393. The van der Waals surface area contributed by atoms with Gasteiger partial charge in [0.05, 0.1) is 11.2 Å². The van der Waals surface area contributed by atoms with Crippen LogP contribution in [0.25, 0.3) is 33.3 Å². The zero-order valence-corrected chi connectivity index (χ0v) is 13.9. The lowest BCUT2D eigenvalue weighted by molar-refractivity contribution is 0.104. The van der Waals surface area contributed by atoms with E-state index in [4.69, 9.17) is 16.6 Å². The predicted octanol–water partition coefficient (Wildman–Crippen LogP) is 5.77. The molecule has 0 spiro atoms. The Labute approximate surface area is 149 Å². The van der Waals surface area contributed by atoms with E-state index in [0.717, 1.165) is 38.9 Å². The van der Waals surface area contributed by atoms with Crippen molar-refractivity contribution in [3.63, 3.8) is 0 Å². The van der Waals surface area contributed by atoms with Crippen LogP contribution < -0.4 is 0 Å². The van der Waals surface area contributed by atoms with Crippen molar-refractivity contribution >= 4 is 28.3 Å². The van der Waals surface area contributed by atoms with Crippen molar-refractivity contribution in [3.8, 4) is 22.4 Å². The average Bonchev–Trinajstić information content (AvgIpc) is 2.94. The molecule has 4 aromatic rings. The number of fused-ring (bicyclic) bond motifs is 5. The van der Waals surface area contributed by atoms with E-state index in [-0.39, 0.29) is 5.78 Å². The number of hydrogen-bond acceptors (Lipinski definition) is 2. The largest absolute Gasteiger partial charge is 0.289 e. The van der Waals surface area contributed by atoms with Crippen molar-refractivity contribution in [2.45, 2.75) is 0 Å². The van der Waals surface area contributed by atoms with Crippen molar-refractivity contribution < 1.29 is 4.79 Å². The number of pyridine rings is 1. The molecule has 25 heavy (non-hydrogen) atoms. The molecule has 0 fully saturated rings. The van der Waals surface area contributed by atoms with Crippen LogP contribution in [0.4, 0.5) is 0 Å². The Morgan fingerprint density at radius 3 is 2.36 bits per heavy atom. The van der Waals surface area contributed by atoms with Gasteiger partial charge in [0, 0.05) is 32.7 Å². The molecule has 0 aliphatic heterocycles. The molecule has 1 heterocycles. The quantitative estimate of drug-likeness (QED) is 0.387. The molecule has 0 N–H and O–H groups in total. The molecule has 3 heteroatoms. The Balaban J connectivity index is 1.98. The Morgan fingerprint density at radius 1 is 0.760 bits per heavy atom. The van der Waals surface area contributed by atoms with Crippen LogP contribution >= 0.6 is 11.6 Å². The molecule has 0 atom stereocenters. The maximum absolute atomic E-state index is 13.1. The summed E-state index contributed by atoms with van der Waals surface area (Å²) in [5.74, 6) is 0.0393. The lowest BCUT2D eigenvalue weighted by Gasteiger charge is -2.11. The third-order valence-corrected chi connectivity index (χ3v) is 4.90. The molecule has 0 radical (unpaired) electrons. The summed E-state index contributed by atoms with van der Waals surface area (Å²) in [6, 6.07) is 23.2. The lowest BCUT2D eigenvalue weighted by atomic mass is 9.96. The molecular weight excluding hydrogens is 330 g/mol. The summed E-state index contributed by atoms with van der Waals surface area (Å²) in [6.45, 7) is 0. The Morgan fingerprint density at radius 2 is 1.52 bits per heavy atom. The van der Waals surface area contributed by atoms with E-state index in [1.165, 1.54) is 0 Å². The third-order valence-electron chi connectivity index (χ3n) is 4.66. The van der Waals surface area contributed by atoms with Gasteiger partial charge in [-0.15, -0.1) is 0 Å². The van der Waals surface area contributed by atoms with Gasteiger partial charge < -0.3 is 0 Å². The molecule has 0 amide bonds. The molecule has 1 aliphatic rings. The van der Waals surface area contributed by atoms with E-state index in [1.54, 1.807) is 6.07 Å². The molecule has 0 unspecified atom stereocenters. The van der Waals surface area contributed by atoms with Crippen LogP contribution in [-0.2, 0) is 0 Å². The first-order chi connectivity index (χ1) is 12.2. The maximum atomic E-state index is 13.1. The fourth-order valence-electron chi connectivity index (χ4n) is 3.57. The van der Waals surface area contributed by atoms with Crippen LogP contribution in [0.2, 0.25) is 5.02 Å². The monoisotopic (exact) mass is 341 g/mol. The van der Waals surface area contributed by atoms with Gasteiger partial charge in [-0.3, -0.25) is 4.79 Å². The minimum atomic E-state index is 0.0393. The summed E-state index contributed by atoms with van der Waals surface area (Å²) < 4.78 is 0. The molecule has 1 aliphatic carbocycles. The molecule has 0 saturated carbocycles. The average molecular weight is 342 g/mol. The maximum Gasteiger partial charge on any atom is 0.195 e. The number of halogens is 1. The van der Waals surface area contributed by atoms with Gasteiger partial charge >= 0.3 is 0 Å². The van der Waals surface area contributed by atoms with Gasteiger partial charge in [0.1, 0.15) is 0 Å². The van der Waals surface area contributed by atoms with E-state index in [9.17, 15) is 4.79 Å². The van der Waals surface area contributed by atoms with E-state index >= 15 is 0 Å². The van der Waals surface area contributed by atoms with Gasteiger partial charge in [-0.2, -0.15) is 0 Å². The molecule has 2 nitrogen and oxygen atoms in total. The summed E-state index contributed by atoms with van der Waals surface area (Å²) >= 11 is 6.22. The molecule has 3 aromatic carbocycles. The van der Waals surface area contributed by atoms with Crippen LogP contribution in [0.3, 0.4) is 0 Å². The number of aromatic nitrogens is 1. The molecular formula is C22H12ClNO.